The summed E-state index contributed by atoms with van der Waals surface area (Å²) in [6.45, 7) is 5.69. The largest absolute Gasteiger partial charge is 0.479 e. The maximum Gasteiger partial charge on any atom is 0.335 e. The van der Waals surface area contributed by atoms with Crippen LogP contribution in [0, 0.1) is 0 Å². The number of carboxylic acids is 1. The molecule has 1 saturated heterocycles. The van der Waals surface area contributed by atoms with Crippen molar-refractivity contribution in [3.05, 3.63) is 109 Å². The number of carbonyl (C=O) groups excluding carboxylic acids is 3. The highest BCUT2D eigenvalue weighted by atomic mass is 16.7. The maximum atomic E-state index is 13.1. The minimum absolute atomic E-state index is 0.0194. The van der Waals surface area contributed by atoms with Crippen LogP contribution in [0.4, 0.5) is 0 Å². The molecule has 0 aromatic rings. The van der Waals surface area contributed by atoms with E-state index in [9.17, 15) is 34.5 Å². The fourth-order valence-corrected chi connectivity index (χ4v) is 8.66. The molecule has 0 bridgehead atoms. The van der Waals surface area contributed by atoms with Crippen LogP contribution in [0.25, 0.3) is 0 Å². The Kier molecular flexibility index (Phi) is 49.5. The third kappa shape index (κ3) is 43.8. The van der Waals surface area contributed by atoms with E-state index < -0.39 is 67.3 Å². The molecule has 12 nitrogen and oxygen atoms in total. The second kappa shape index (κ2) is 54.0. The standard InChI is InChI=1S/C67H108O12/c1-4-7-10-13-16-19-22-25-27-29-30-32-33-36-38-41-44-47-50-53-59(68)75-56-58(77-60(69)54-51-48-45-42-39-35-24-21-18-15-12-9-6-3)57-76-67-65(63(72)62(71)64(79-67)66(73)74)78-61(70)55-52-49-46-43-40-37-34-31-28-26-23-20-17-14-11-8-5-2/h8-9,11-12,17-18,20-21,25-28,34-35,37,39,45,48,58,62-65,67,71-72H,4-7,10,13-16,19,22-24,29-33,36,38,40-44,46-47,49-57H2,1-3H3,(H,73,74)/b11-8-,12-9-,20-17-,21-18-,27-25-,28-26-,37-34-,39-35-,48-45-. The lowest BCUT2D eigenvalue weighted by molar-refractivity contribution is -0.301. The quantitative estimate of drug-likeness (QED) is 0.0228. The molecule has 12 heteroatoms. The molecule has 0 aromatic carbocycles. The second-order valence-corrected chi connectivity index (χ2v) is 20.6. The zero-order valence-corrected chi connectivity index (χ0v) is 49.3. The summed E-state index contributed by atoms with van der Waals surface area (Å²) in [5.74, 6) is -3.27. The number of aliphatic hydroxyl groups is 2. The number of aliphatic carboxylic acids is 1. The maximum absolute atomic E-state index is 13.1. The molecule has 3 N–H and O–H groups in total. The van der Waals surface area contributed by atoms with Crippen LogP contribution >= 0.6 is 0 Å². The molecule has 0 saturated carbocycles. The van der Waals surface area contributed by atoms with E-state index in [0.29, 0.717) is 25.7 Å². The minimum Gasteiger partial charge on any atom is -0.479 e. The summed E-state index contributed by atoms with van der Waals surface area (Å²) in [4.78, 5) is 51.2. The van der Waals surface area contributed by atoms with Crippen molar-refractivity contribution in [1.29, 1.82) is 0 Å². The van der Waals surface area contributed by atoms with Gasteiger partial charge in [-0.15, -0.1) is 0 Å². The zero-order chi connectivity index (χ0) is 57.5. The fraction of sp³-hybridized carbons (Fsp3) is 0.672. The Hall–Kier alpha value is -4.62. The molecule has 0 amide bonds. The van der Waals surface area contributed by atoms with Gasteiger partial charge in [-0.2, -0.15) is 0 Å². The molecular weight excluding hydrogens is 997 g/mol. The summed E-state index contributed by atoms with van der Waals surface area (Å²) in [7, 11) is 0. The molecule has 1 heterocycles. The summed E-state index contributed by atoms with van der Waals surface area (Å²) < 4.78 is 28.3. The first-order chi connectivity index (χ1) is 38.6. The first-order valence-corrected chi connectivity index (χ1v) is 30.9. The number of esters is 3. The Bertz CT molecular complexity index is 1790. The molecule has 0 aromatic heterocycles. The van der Waals surface area contributed by atoms with Crippen molar-refractivity contribution in [2.45, 2.75) is 276 Å². The van der Waals surface area contributed by atoms with Gasteiger partial charge >= 0.3 is 23.9 Å². The topological polar surface area (TPSA) is 175 Å². The van der Waals surface area contributed by atoms with Crippen LogP contribution in [0.15, 0.2) is 109 Å². The average Bonchev–Trinajstić information content (AvgIpc) is 3.46. The van der Waals surface area contributed by atoms with Gasteiger partial charge in [-0.1, -0.05) is 220 Å². The van der Waals surface area contributed by atoms with Crippen molar-refractivity contribution in [2.24, 2.45) is 0 Å². The molecule has 0 radical (unpaired) electrons. The first-order valence-electron chi connectivity index (χ1n) is 30.9. The predicted octanol–water partition coefficient (Wildman–Crippen LogP) is 16.2. The second-order valence-electron chi connectivity index (χ2n) is 20.6. The van der Waals surface area contributed by atoms with E-state index in [1.807, 2.05) is 12.2 Å². The molecule has 448 valence electrons. The van der Waals surface area contributed by atoms with Crippen molar-refractivity contribution in [2.75, 3.05) is 13.2 Å². The van der Waals surface area contributed by atoms with Gasteiger partial charge in [0, 0.05) is 19.3 Å². The number of rotatable bonds is 51. The molecule has 1 aliphatic heterocycles. The molecule has 1 fully saturated rings. The summed E-state index contributed by atoms with van der Waals surface area (Å²) in [5.41, 5.74) is 0. The van der Waals surface area contributed by atoms with Crippen LogP contribution in [-0.4, -0.2) is 89.2 Å². The van der Waals surface area contributed by atoms with E-state index >= 15 is 0 Å². The highest BCUT2D eigenvalue weighted by Gasteiger charge is 2.50. The monoisotopic (exact) mass is 1100 g/mol. The van der Waals surface area contributed by atoms with Gasteiger partial charge in [0.15, 0.2) is 24.6 Å². The number of carboxylic acid groups (broad SMARTS) is 1. The van der Waals surface area contributed by atoms with Crippen LogP contribution < -0.4 is 0 Å². The Morgan fingerprint density at radius 3 is 1.28 bits per heavy atom. The SMILES string of the molecule is CC/C=C\C/C=C\C/C=C\C/C=C\CCCCCCC(=O)OC1C(OCC(COC(=O)CCCCCCCCCCC/C=C\CCCCCCCC)OC(=O)CC/C=C\C/C=C\C/C=C\C/C=C\CC)OC(C(=O)O)C(O)C1O. The summed E-state index contributed by atoms with van der Waals surface area (Å²) in [6.07, 6.45) is 60.7. The lowest BCUT2D eigenvalue weighted by atomic mass is 9.98. The van der Waals surface area contributed by atoms with Gasteiger partial charge in [0.25, 0.3) is 0 Å². The highest BCUT2D eigenvalue weighted by molar-refractivity contribution is 5.74. The fourth-order valence-electron chi connectivity index (χ4n) is 8.66. The van der Waals surface area contributed by atoms with Crippen molar-refractivity contribution in [3.63, 3.8) is 0 Å². The van der Waals surface area contributed by atoms with E-state index in [0.717, 1.165) is 89.9 Å². The number of carbonyl (C=O) groups is 4. The summed E-state index contributed by atoms with van der Waals surface area (Å²) in [5, 5.41) is 31.5. The lowest BCUT2D eigenvalue weighted by Gasteiger charge is -2.40. The Balaban J connectivity index is 2.70. The number of hydrogen-bond acceptors (Lipinski definition) is 11. The number of allylic oxidation sites excluding steroid dienone is 18. The lowest BCUT2D eigenvalue weighted by Crippen LogP contribution is -2.61. The van der Waals surface area contributed by atoms with Crippen molar-refractivity contribution < 1.29 is 58.2 Å². The van der Waals surface area contributed by atoms with Crippen LogP contribution in [0.2, 0.25) is 0 Å². The van der Waals surface area contributed by atoms with Gasteiger partial charge < -0.3 is 39.0 Å². The third-order valence-electron chi connectivity index (χ3n) is 13.3. The Morgan fingerprint density at radius 1 is 0.430 bits per heavy atom. The van der Waals surface area contributed by atoms with Crippen LogP contribution in [-0.2, 0) is 42.9 Å². The summed E-state index contributed by atoms with van der Waals surface area (Å²) >= 11 is 0. The third-order valence-corrected chi connectivity index (χ3v) is 13.3. The van der Waals surface area contributed by atoms with E-state index in [1.54, 1.807) is 0 Å². The summed E-state index contributed by atoms with van der Waals surface area (Å²) in [6, 6.07) is 0. The van der Waals surface area contributed by atoms with E-state index in [2.05, 4.69) is 118 Å². The molecule has 1 rings (SSSR count). The van der Waals surface area contributed by atoms with Gasteiger partial charge in [0.2, 0.25) is 0 Å². The van der Waals surface area contributed by atoms with E-state index in [1.165, 1.54) is 83.5 Å². The highest BCUT2D eigenvalue weighted by Crippen LogP contribution is 2.26. The predicted molar refractivity (Wildman–Crippen MR) is 321 cm³/mol. The number of hydrogen-bond donors (Lipinski definition) is 3. The number of aliphatic hydroxyl groups excluding tert-OH is 2. The Labute approximate surface area is 478 Å². The van der Waals surface area contributed by atoms with Crippen LogP contribution in [0.5, 0.6) is 0 Å². The zero-order valence-electron chi connectivity index (χ0n) is 49.3. The van der Waals surface area contributed by atoms with Gasteiger partial charge in [-0.05, 0) is 109 Å². The van der Waals surface area contributed by atoms with Crippen molar-refractivity contribution in [3.8, 4) is 0 Å². The van der Waals surface area contributed by atoms with Crippen molar-refractivity contribution in [1.82, 2.24) is 0 Å². The molecule has 0 aliphatic carbocycles. The van der Waals surface area contributed by atoms with Crippen molar-refractivity contribution >= 4 is 23.9 Å². The van der Waals surface area contributed by atoms with Gasteiger partial charge in [-0.3, -0.25) is 14.4 Å². The number of ether oxygens (including phenoxy) is 5. The Morgan fingerprint density at radius 2 is 0.823 bits per heavy atom. The normalized spacial score (nSPS) is 18.6. The van der Waals surface area contributed by atoms with Gasteiger partial charge in [-0.25, -0.2) is 4.79 Å². The molecular formula is C67H108O12. The molecule has 1 aliphatic rings. The smallest absolute Gasteiger partial charge is 0.335 e. The molecule has 0 spiro atoms. The van der Waals surface area contributed by atoms with Crippen LogP contribution in [0.3, 0.4) is 0 Å². The minimum atomic E-state index is -1.93. The van der Waals surface area contributed by atoms with Gasteiger partial charge in [0.05, 0.1) is 6.61 Å². The number of unbranched alkanes of at least 4 members (excludes halogenated alkanes) is 19. The van der Waals surface area contributed by atoms with Gasteiger partial charge in [0.1, 0.15) is 18.8 Å². The van der Waals surface area contributed by atoms with E-state index in [4.69, 9.17) is 23.7 Å². The first kappa shape index (κ1) is 72.4. The van der Waals surface area contributed by atoms with E-state index in [-0.39, 0.29) is 25.9 Å². The molecule has 79 heavy (non-hydrogen) atoms. The molecule has 6 atom stereocenters. The molecule has 6 unspecified atom stereocenters. The average molecular weight is 1110 g/mol. The van der Waals surface area contributed by atoms with Crippen LogP contribution in [0.1, 0.15) is 239 Å².